The molecule has 6 aliphatic rings. The quantitative estimate of drug-likeness (QED) is 0.350. The van der Waals surface area contributed by atoms with Crippen LogP contribution in [0.1, 0.15) is 105 Å². The average molecular weight is 715 g/mol. The van der Waals surface area contributed by atoms with Crippen molar-refractivity contribution in [1.82, 2.24) is 0 Å². The molecular weight excluding hydrogens is 667 g/mol. The largest absolute Gasteiger partial charge is 1.00 e. The summed E-state index contributed by atoms with van der Waals surface area (Å²) in [5, 5.41) is 0. The van der Waals surface area contributed by atoms with Crippen molar-refractivity contribution in [1.29, 1.82) is 0 Å². The van der Waals surface area contributed by atoms with Crippen LogP contribution in [0.5, 0.6) is 0 Å². The molecule has 4 saturated carbocycles. The van der Waals surface area contributed by atoms with E-state index in [1.165, 1.54) is 67.2 Å². The number of hydrogen-bond acceptors (Lipinski definition) is 0. The van der Waals surface area contributed by atoms with Gasteiger partial charge < -0.3 is 24.8 Å². The second kappa shape index (κ2) is 12.5. The summed E-state index contributed by atoms with van der Waals surface area (Å²) in [6, 6.07) is 28.3. The first-order valence-corrected chi connectivity index (χ1v) is 21.2. The van der Waals surface area contributed by atoms with E-state index in [-0.39, 0.29) is 30.2 Å². The van der Waals surface area contributed by atoms with Crippen LogP contribution in [0.15, 0.2) is 93.3 Å². The summed E-state index contributed by atoms with van der Waals surface area (Å²) >= 11 is -2.46. The molecule has 6 aliphatic carbocycles. The molecule has 3 aromatic rings. The van der Waals surface area contributed by atoms with Gasteiger partial charge in [0.1, 0.15) is 0 Å². The third kappa shape index (κ3) is 5.91. The van der Waals surface area contributed by atoms with Crippen molar-refractivity contribution in [3.8, 4) is 11.1 Å². The molecule has 0 spiro atoms. The minimum atomic E-state index is -2.46. The zero-order valence-corrected chi connectivity index (χ0v) is 31.6. The van der Waals surface area contributed by atoms with Crippen molar-refractivity contribution < 1.29 is 46.1 Å². The van der Waals surface area contributed by atoms with Crippen LogP contribution in [0.3, 0.4) is 0 Å². The number of rotatable bonds is 5. The summed E-state index contributed by atoms with van der Waals surface area (Å²) in [6.45, 7) is 12.0. The molecule has 0 nitrogen and oxygen atoms in total. The third-order valence-corrected chi connectivity index (χ3v) is 20.3. The molecular formula is C42H48Cl2Zr. The van der Waals surface area contributed by atoms with Gasteiger partial charge in [-0.1, -0.05) is 0 Å². The van der Waals surface area contributed by atoms with Crippen molar-refractivity contribution >= 4 is 3.71 Å². The fourth-order valence-electron chi connectivity index (χ4n) is 10.7. The van der Waals surface area contributed by atoms with Crippen LogP contribution in [0, 0.1) is 29.1 Å². The van der Waals surface area contributed by atoms with Gasteiger partial charge >= 0.3 is 269 Å². The van der Waals surface area contributed by atoms with E-state index in [9.17, 15) is 0 Å². The van der Waals surface area contributed by atoms with Gasteiger partial charge in [0.05, 0.1) is 0 Å². The molecule has 4 fully saturated rings. The molecule has 3 aromatic carbocycles. The maximum Gasteiger partial charge on any atom is -1.00 e. The van der Waals surface area contributed by atoms with Crippen LogP contribution < -0.4 is 24.8 Å². The van der Waals surface area contributed by atoms with Gasteiger partial charge in [0, 0.05) is 0 Å². The fourth-order valence-corrected chi connectivity index (χ4v) is 19.4. The maximum absolute atomic E-state index is 2.83. The predicted molar refractivity (Wildman–Crippen MR) is 179 cm³/mol. The summed E-state index contributed by atoms with van der Waals surface area (Å²) in [4.78, 5) is 0. The van der Waals surface area contributed by atoms with Crippen LogP contribution in [0.4, 0.5) is 0 Å². The first-order valence-electron chi connectivity index (χ1n) is 17.1. The third-order valence-electron chi connectivity index (χ3n) is 12.1. The molecule has 234 valence electrons. The minimum absolute atomic E-state index is 0. The molecule has 0 radical (unpaired) electrons. The second-order valence-electron chi connectivity index (χ2n) is 16.2. The van der Waals surface area contributed by atoms with E-state index in [4.69, 9.17) is 0 Å². The summed E-state index contributed by atoms with van der Waals surface area (Å²) < 4.78 is 5.23. The van der Waals surface area contributed by atoms with Gasteiger partial charge in [-0.25, -0.2) is 0 Å². The summed E-state index contributed by atoms with van der Waals surface area (Å²) in [5.41, 5.74) is 13.2. The normalized spacial score (nSPS) is 28.0. The Labute approximate surface area is 292 Å². The topological polar surface area (TPSA) is 0 Å². The van der Waals surface area contributed by atoms with Gasteiger partial charge in [-0.3, -0.25) is 0 Å². The maximum atomic E-state index is 2.83. The first-order chi connectivity index (χ1) is 20.7. The Morgan fingerprint density at radius 2 is 1.27 bits per heavy atom. The molecule has 0 heterocycles. The smallest absolute Gasteiger partial charge is 1.00 e. The Morgan fingerprint density at radius 1 is 0.756 bits per heavy atom. The SMILES string of the molecule is CC1=[C](/[Zr+2](=[CH]/c2ccc(C(C)(C)C)cc2)[CH]2c3ccccc3-c3ccccc32)C(C)C=C1CC12CC3CC(CC(C3)C1)C2.[Cl-].[Cl-]. The van der Waals surface area contributed by atoms with Crippen LogP contribution in [0.2, 0.25) is 0 Å². The standard InChI is InChI=1S/C18H25.C13H9.C11H14.2ClH.Zr/c1-12-3-13(2)17(4-12)11-18-8-14-5-15(9-18)7-16(6-14)10-18;1-3-7-12-10(5-1)9-11-6-2-4-8-13(11)12;1-9-5-7-10(8-6-9)11(2,3)4;;;/h4,12,14-16H,5-11H2,1-2H3;1-9H;1,5-8H,2-4H3;2*1H;/q;;;;;+2/p-2. The molecule has 45 heavy (non-hydrogen) atoms. The van der Waals surface area contributed by atoms with E-state index in [0.717, 1.165) is 17.8 Å². The first kappa shape index (κ1) is 33.4. The Balaban J connectivity index is 0.00000179. The van der Waals surface area contributed by atoms with Crippen LogP contribution in [0.25, 0.3) is 11.1 Å². The zero-order chi connectivity index (χ0) is 29.5. The molecule has 1 unspecified atom stereocenters. The van der Waals surface area contributed by atoms with Gasteiger partial charge in [-0.15, -0.1) is 0 Å². The summed E-state index contributed by atoms with van der Waals surface area (Å²) in [6.07, 6.45) is 13.2. The second-order valence-corrected chi connectivity index (χ2v) is 21.9. The van der Waals surface area contributed by atoms with Crippen molar-refractivity contribution in [3.63, 3.8) is 0 Å². The Morgan fingerprint density at radius 3 is 1.78 bits per heavy atom. The fraction of sp³-hybridized carbons (Fsp3) is 0.452. The summed E-state index contributed by atoms with van der Waals surface area (Å²) in [5.74, 6) is 3.63. The monoisotopic (exact) mass is 712 g/mol. The van der Waals surface area contributed by atoms with Crippen LogP contribution >= 0.6 is 0 Å². The average Bonchev–Trinajstić information content (AvgIpc) is 3.43. The number of benzene rings is 3. The molecule has 1 atom stereocenters. The van der Waals surface area contributed by atoms with Crippen LogP contribution in [-0.4, -0.2) is 3.71 Å². The van der Waals surface area contributed by atoms with Crippen molar-refractivity contribution in [2.45, 2.75) is 88.6 Å². The molecule has 4 bridgehead atoms. The minimum Gasteiger partial charge on any atom is -1.00 e. The predicted octanol–water partition coefficient (Wildman–Crippen LogP) is 4.99. The Bertz CT molecular complexity index is 1600. The van der Waals surface area contributed by atoms with Gasteiger partial charge in [0.15, 0.2) is 0 Å². The van der Waals surface area contributed by atoms with Crippen molar-refractivity contribution in [3.05, 3.63) is 116 Å². The van der Waals surface area contributed by atoms with E-state index in [0.29, 0.717) is 15.0 Å². The number of hydrogen-bond donors (Lipinski definition) is 0. The molecule has 0 saturated heterocycles. The molecule has 0 N–H and O–H groups in total. The van der Waals surface area contributed by atoms with E-state index in [2.05, 4.69) is 117 Å². The molecule has 0 amide bonds. The Kier molecular flexibility index (Phi) is 9.27. The van der Waals surface area contributed by atoms with Crippen molar-refractivity contribution in [2.75, 3.05) is 0 Å². The van der Waals surface area contributed by atoms with E-state index in [1.807, 2.05) is 3.28 Å². The van der Waals surface area contributed by atoms with E-state index >= 15 is 0 Å². The van der Waals surface area contributed by atoms with E-state index < -0.39 is 21.3 Å². The van der Waals surface area contributed by atoms with Gasteiger partial charge in [-0.2, -0.15) is 0 Å². The van der Waals surface area contributed by atoms with Gasteiger partial charge in [0.25, 0.3) is 0 Å². The molecule has 3 heteroatoms. The Hall–Kier alpha value is -1.53. The summed E-state index contributed by atoms with van der Waals surface area (Å²) in [7, 11) is 0. The van der Waals surface area contributed by atoms with Crippen LogP contribution in [-0.2, 0) is 26.7 Å². The number of halogens is 2. The van der Waals surface area contributed by atoms with Crippen molar-refractivity contribution in [2.24, 2.45) is 29.1 Å². The molecule has 0 aliphatic heterocycles. The molecule has 0 aromatic heterocycles. The molecule has 9 rings (SSSR count). The number of fused-ring (bicyclic) bond motifs is 3. The van der Waals surface area contributed by atoms with E-state index in [1.54, 1.807) is 22.3 Å². The van der Waals surface area contributed by atoms with Gasteiger partial charge in [-0.05, 0) is 0 Å². The zero-order valence-electron chi connectivity index (χ0n) is 27.7. The number of allylic oxidation sites excluding steroid dienone is 4. The van der Waals surface area contributed by atoms with Gasteiger partial charge in [0.2, 0.25) is 0 Å².